The Morgan fingerprint density at radius 3 is 2.63 bits per heavy atom. The summed E-state index contributed by atoms with van der Waals surface area (Å²) < 4.78 is 11.5. The molecule has 1 aliphatic heterocycles. The molecule has 2 aromatic carbocycles. The van der Waals surface area contributed by atoms with Crippen LogP contribution in [-0.2, 0) is 6.54 Å². The molecular weight excluding hydrogens is 340 g/mol. The summed E-state index contributed by atoms with van der Waals surface area (Å²) in [5.41, 5.74) is 2.39. The Bertz CT molecular complexity index is 934. The largest absolute Gasteiger partial charge is 0.491 e. The van der Waals surface area contributed by atoms with Crippen LogP contribution < -0.4 is 10.1 Å². The average molecular weight is 362 g/mol. The number of ether oxygens (including phenoxy) is 1. The number of hydrogen-bond acceptors (Lipinski definition) is 4. The molecule has 138 valence electrons. The Morgan fingerprint density at radius 1 is 1.07 bits per heavy atom. The lowest BCUT2D eigenvalue weighted by Gasteiger charge is -2.38. The number of benzene rings is 2. The Balaban J connectivity index is 1.78. The van der Waals surface area contributed by atoms with Crippen LogP contribution >= 0.6 is 0 Å². The van der Waals surface area contributed by atoms with Gasteiger partial charge in [0.2, 0.25) is 0 Å². The zero-order chi connectivity index (χ0) is 18.8. The molecule has 0 fully saturated rings. The van der Waals surface area contributed by atoms with E-state index in [2.05, 4.69) is 5.32 Å². The molecule has 5 nitrogen and oxygen atoms in total. The molecule has 1 aliphatic rings. The van der Waals surface area contributed by atoms with Crippen molar-refractivity contribution in [3.8, 4) is 5.75 Å². The third kappa shape index (κ3) is 3.40. The van der Waals surface area contributed by atoms with Crippen LogP contribution in [0.2, 0.25) is 0 Å². The van der Waals surface area contributed by atoms with E-state index in [1.165, 1.54) is 0 Å². The molecule has 1 unspecified atom stereocenters. The molecule has 0 spiro atoms. The van der Waals surface area contributed by atoms with Crippen molar-refractivity contribution in [2.45, 2.75) is 32.7 Å². The minimum atomic E-state index is -0.354. The second kappa shape index (κ2) is 7.19. The first-order valence-electron chi connectivity index (χ1n) is 9.08. The maximum Gasteiger partial charge on any atom is 0.258 e. The van der Waals surface area contributed by atoms with Gasteiger partial charge in [-0.25, -0.2) is 0 Å². The van der Waals surface area contributed by atoms with Crippen molar-refractivity contribution < 1.29 is 13.9 Å². The molecule has 0 saturated carbocycles. The van der Waals surface area contributed by atoms with Gasteiger partial charge in [-0.15, -0.1) is 0 Å². The van der Waals surface area contributed by atoms with Gasteiger partial charge in [0.1, 0.15) is 17.7 Å². The minimum Gasteiger partial charge on any atom is -0.491 e. The van der Waals surface area contributed by atoms with E-state index in [1.54, 1.807) is 11.2 Å². The third-order valence-corrected chi connectivity index (χ3v) is 4.50. The predicted molar refractivity (Wildman–Crippen MR) is 104 cm³/mol. The number of hydrogen-bond donors (Lipinski definition) is 1. The SMILES string of the molecule is CC(C)Oc1ccccc1C1Nc2ccccc2C(=O)N1Cc1ccco1. The summed E-state index contributed by atoms with van der Waals surface area (Å²) in [5, 5.41) is 3.50. The van der Waals surface area contributed by atoms with Crippen LogP contribution in [0.3, 0.4) is 0 Å². The van der Waals surface area contributed by atoms with Crippen molar-refractivity contribution in [2.24, 2.45) is 0 Å². The van der Waals surface area contributed by atoms with Crippen molar-refractivity contribution >= 4 is 11.6 Å². The summed E-state index contributed by atoms with van der Waals surface area (Å²) in [5.74, 6) is 1.46. The molecule has 1 aromatic heterocycles. The highest BCUT2D eigenvalue weighted by Crippen LogP contribution is 2.37. The van der Waals surface area contributed by atoms with Gasteiger partial charge in [-0.05, 0) is 44.2 Å². The fourth-order valence-electron chi connectivity index (χ4n) is 3.34. The second-order valence-electron chi connectivity index (χ2n) is 6.81. The van der Waals surface area contributed by atoms with Gasteiger partial charge in [-0.3, -0.25) is 4.79 Å². The number of rotatable bonds is 5. The first-order valence-corrected chi connectivity index (χ1v) is 9.08. The van der Waals surface area contributed by atoms with Gasteiger partial charge in [0.05, 0.1) is 24.5 Å². The molecule has 2 heterocycles. The number of carbonyl (C=O) groups is 1. The summed E-state index contributed by atoms with van der Waals surface area (Å²) >= 11 is 0. The van der Waals surface area contributed by atoms with E-state index < -0.39 is 0 Å². The molecule has 1 atom stereocenters. The summed E-state index contributed by atoms with van der Waals surface area (Å²) in [6.45, 7) is 4.35. The number of amides is 1. The van der Waals surface area contributed by atoms with Crippen molar-refractivity contribution in [3.05, 3.63) is 83.8 Å². The molecule has 0 aliphatic carbocycles. The van der Waals surface area contributed by atoms with Crippen LogP contribution in [0, 0.1) is 0 Å². The Morgan fingerprint density at radius 2 is 1.85 bits per heavy atom. The summed E-state index contributed by atoms with van der Waals surface area (Å²) in [6, 6.07) is 19.1. The van der Waals surface area contributed by atoms with E-state index in [1.807, 2.05) is 74.5 Å². The van der Waals surface area contributed by atoms with E-state index >= 15 is 0 Å². The zero-order valence-corrected chi connectivity index (χ0v) is 15.4. The van der Waals surface area contributed by atoms with Crippen LogP contribution in [0.5, 0.6) is 5.75 Å². The molecule has 5 heteroatoms. The molecule has 0 radical (unpaired) electrons. The second-order valence-corrected chi connectivity index (χ2v) is 6.81. The van der Waals surface area contributed by atoms with Gasteiger partial charge in [0, 0.05) is 11.3 Å². The van der Waals surface area contributed by atoms with Gasteiger partial charge < -0.3 is 19.4 Å². The number of para-hydroxylation sites is 2. The van der Waals surface area contributed by atoms with Crippen LogP contribution in [-0.4, -0.2) is 16.9 Å². The third-order valence-electron chi connectivity index (χ3n) is 4.50. The summed E-state index contributed by atoms with van der Waals surface area (Å²) in [6.07, 6.45) is 1.30. The summed E-state index contributed by atoms with van der Waals surface area (Å²) in [7, 11) is 0. The van der Waals surface area contributed by atoms with Crippen molar-refractivity contribution in [2.75, 3.05) is 5.32 Å². The maximum atomic E-state index is 13.3. The van der Waals surface area contributed by atoms with E-state index in [9.17, 15) is 4.79 Å². The van der Waals surface area contributed by atoms with Gasteiger partial charge in [-0.1, -0.05) is 30.3 Å². The van der Waals surface area contributed by atoms with E-state index in [0.717, 1.165) is 22.8 Å². The van der Waals surface area contributed by atoms with E-state index in [-0.39, 0.29) is 18.2 Å². The Labute approximate surface area is 158 Å². The van der Waals surface area contributed by atoms with Crippen molar-refractivity contribution in [1.29, 1.82) is 0 Å². The van der Waals surface area contributed by atoms with Gasteiger partial charge in [0.25, 0.3) is 5.91 Å². The average Bonchev–Trinajstić information content (AvgIpc) is 3.17. The molecular formula is C22H22N2O3. The lowest BCUT2D eigenvalue weighted by molar-refractivity contribution is 0.0647. The van der Waals surface area contributed by atoms with E-state index in [0.29, 0.717) is 12.1 Å². The van der Waals surface area contributed by atoms with Crippen LogP contribution in [0.15, 0.2) is 71.3 Å². The number of nitrogens with one attached hydrogen (secondary N) is 1. The normalized spacial score (nSPS) is 16.2. The fraction of sp³-hybridized carbons (Fsp3) is 0.227. The number of anilines is 1. The first kappa shape index (κ1) is 17.2. The van der Waals surface area contributed by atoms with E-state index in [4.69, 9.17) is 9.15 Å². The summed E-state index contributed by atoms with van der Waals surface area (Å²) in [4.78, 5) is 15.0. The molecule has 3 aromatic rings. The number of nitrogens with zero attached hydrogens (tertiary/aromatic N) is 1. The number of furan rings is 1. The predicted octanol–water partition coefficient (Wildman–Crippen LogP) is 4.83. The topological polar surface area (TPSA) is 54.7 Å². The highest BCUT2D eigenvalue weighted by Gasteiger charge is 2.34. The van der Waals surface area contributed by atoms with Gasteiger partial charge in [0.15, 0.2) is 0 Å². The molecule has 27 heavy (non-hydrogen) atoms. The first-order chi connectivity index (χ1) is 13.1. The smallest absolute Gasteiger partial charge is 0.258 e. The monoisotopic (exact) mass is 362 g/mol. The molecule has 1 N–H and O–H groups in total. The quantitative estimate of drug-likeness (QED) is 0.706. The zero-order valence-electron chi connectivity index (χ0n) is 15.4. The number of carbonyl (C=O) groups excluding carboxylic acids is 1. The van der Waals surface area contributed by atoms with Crippen LogP contribution in [0.4, 0.5) is 5.69 Å². The Hall–Kier alpha value is -3.21. The molecule has 0 bridgehead atoms. The Kier molecular flexibility index (Phi) is 4.59. The van der Waals surface area contributed by atoms with Crippen LogP contribution in [0.1, 0.15) is 41.7 Å². The highest BCUT2D eigenvalue weighted by atomic mass is 16.5. The van der Waals surface area contributed by atoms with Gasteiger partial charge >= 0.3 is 0 Å². The molecule has 4 rings (SSSR count). The van der Waals surface area contributed by atoms with Crippen LogP contribution in [0.25, 0.3) is 0 Å². The standard InChI is InChI=1S/C22H22N2O3/c1-15(2)27-20-12-6-4-10-18(20)21-23-19-11-5-3-9-17(19)22(25)24(21)14-16-8-7-13-26-16/h3-13,15,21,23H,14H2,1-2H3. The highest BCUT2D eigenvalue weighted by molar-refractivity contribution is 6.01. The lowest BCUT2D eigenvalue weighted by atomic mass is 10.0. The van der Waals surface area contributed by atoms with Crippen molar-refractivity contribution in [3.63, 3.8) is 0 Å². The number of fused-ring (bicyclic) bond motifs is 1. The lowest BCUT2D eigenvalue weighted by Crippen LogP contribution is -2.42. The molecule has 0 saturated heterocycles. The van der Waals surface area contributed by atoms with Crippen molar-refractivity contribution in [1.82, 2.24) is 4.90 Å². The fourth-order valence-corrected chi connectivity index (χ4v) is 3.34. The van der Waals surface area contributed by atoms with Gasteiger partial charge in [-0.2, -0.15) is 0 Å². The molecule has 1 amide bonds. The maximum absolute atomic E-state index is 13.3. The minimum absolute atomic E-state index is 0.0369.